The average Bonchev–Trinajstić information content (AvgIpc) is 2.92. The molecule has 1 amide bonds. The van der Waals surface area contributed by atoms with Crippen LogP contribution >= 0.6 is 0 Å². The van der Waals surface area contributed by atoms with Gasteiger partial charge in [0.25, 0.3) is 5.91 Å². The third-order valence-corrected chi connectivity index (χ3v) is 3.88. The quantitative estimate of drug-likeness (QED) is 0.899. The fourth-order valence-corrected chi connectivity index (χ4v) is 2.67. The molecule has 21 heavy (non-hydrogen) atoms. The standard InChI is InChI=1S/C15H21NO5/c1-3-12-11(15(18)19)8-13(21-12)14(17)16-6-4-10(5-7-16)9-20-2/h8,10H,3-7,9H2,1-2H3,(H,18,19). The van der Waals surface area contributed by atoms with Crippen molar-refractivity contribution >= 4 is 11.9 Å². The molecule has 0 unspecified atom stereocenters. The lowest BCUT2D eigenvalue weighted by Crippen LogP contribution is -2.39. The first kappa shape index (κ1) is 15.6. The number of carbonyl (C=O) groups is 2. The van der Waals surface area contributed by atoms with Crippen LogP contribution in [0.4, 0.5) is 0 Å². The van der Waals surface area contributed by atoms with Crippen molar-refractivity contribution in [2.75, 3.05) is 26.8 Å². The van der Waals surface area contributed by atoms with E-state index < -0.39 is 5.97 Å². The molecule has 0 bridgehead atoms. The number of carboxylic acids is 1. The van der Waals surface area contributed by atoms with E-state index >= 15 is 0 Å². The number of piperidine rings is 1. The number of hydrogen-bond donors (Lipinski definition) is 1. The molecule has 116 valence electrons. The minimum Gasteiger partial charge on any atom is -0.478 e. The first-order valence-electron chi connectivity index (χ1n) is 7.21. The summed E-state index contributed by atoms with van der Waals surface area (Å²) in [5.74, 6) is -0.340. The number of carbonyl (C=O) groups excluding carboxylic acids is 1. The molecule has 1 N–H and O–H groups in total. The lowest BCUT2D eigenvalue weighted by molar-refractivity contribution is 0.0583. The number of amides is 1. The van der Waals surface area contributed by atoms with E-state index in [0.717, 1.165) is 12.8 Å². The number of rotatable bonds is 5. The van der Waals surface area contributed by atoms with Gasteiger partial charge in [0.1, 0.15) is 11.3 Å². The number of ether oxygens (including phenoxy) is 1. The van der Waals surface area contributed by atoms with Gasteiger partial charge in [-0.3, -0.25) is 4.79 Å². The van der Waals surface area contributed by atoms with Gasteiger partial charge >= 0.3 is 5.97 Å². The van der Waals surface area contributed by atoms with Crippen molar-refractivity contribution < 1.29 is 23.8 Å². The van der Waals surface area contributed by atoms with Crippen molar-refractivity contribution in [3.8, 4) is 0 Å². The van der Waals surface area contributed by atoms with Crippen molar-refractivity contribution in [1.82, 2.24) is 4.90 Å². The molecular weight excluding hydrogens is 274 g/mol. The number of furan rings is 1. The fraction of sp³-hybridized carbons (Fsp3) is 0.600. The lowest BCUT2D eigenvalue weighted by atomic mass is 9.97. The van der Waals surface area contributed by atoms with Gasteiger partial charge in [-0.15, -0.1) is 0 Å². The molecule has 1 saturated heterocycles. The minimum absolute atomic E-state index is 0.0788. The molecule has 0 spiro atoms. The molecule has 1 aromatic heterocycles. The largest absolute Gasteiger partial charge is 0.478 e. The van der Waals surface area contributed by atoms with Crippen LogP contribution in [0.5, 0.6) is 0 Å². The van der Waals surface area contributed by atoms with Gasteiger partial charge in [-0.2, -0.15) is 0 Å². The van der Waals surface area contributed by atoms with E-state index in [1.165, 1.54) is 6.07 Å². The number of carboxylic acid groups (broad SMARTS) is 1. The van der Waals surface area contributed by atoms with Gasteiger partial charge < -0.3 is 19.2 Å². The van der Waals surface area contributed by atoms with Crippen LogP contribution in [-0.4, -0.2) is 48.7 Å². The van der Waals surface area contributed by atoms with Crippen LogP contribution in [0, 0.1) is 5.92 Å². The van der Waals surface area contributed by atoms with Gasteiger partial charge in [-0.25, -0.2) is 4.79 Å². The van der Waals surface area contributed by atoms with Crippen LogP contribution in [0.2, 0.25) is 0 Å². The number of hydrogen-bond acceptors (Lipinski definition) is 4. The van der Waals surface area contributed by atoms with Crippen LogP contribution < -0.4 is 0 Å². The Bertz CT molecular complexity index is 514. The Morgan fingerprint density at radius 2 is 2.10 bits per heavy atom. The molecule has 0 atom stereocenters. The summed E-state index contributed by atoms with van der Waals surface area (Å²) < 4.78 is 10.6. The van der Waals surface area contributed by atoms with Gasteiger partial charge in [0, 0.05) is 39.3 Å². The van der Waals surface area contributed by atoms with Crippen LogP contribution in [0.25, 0.3) is 0 Å². The van der Waals surface area contributed by atoms with E-state index in [4.69, 9.17) is 14.3 Å². The monoisotopic (exact) mass is 295 g/mol. The molecule has 1 aliphatic rings. The maximum atomic E-state index is 12.4. The maximum Gasteiger partial charge on any atom is 0.339 e. The summed E-state index contributed by atoms with van der Waals surface area (Å²) in [4.78, 5) is 25.2. The molecule has 6 heteroatoms. The predicted octanol–water partition coefficient (Wildman–Crippen LogP) is 2.04. The van der Waals surface area contributed by atoms with Crippen LogP contribution in [0.1, 0.15) is 46.4 Å². The highest BCUT2D eigenvalue weighted by Crippen LogP contribution is 2.22. The Hall–Kier alpha value is -1.82. The second kappa shape index (κ2) is 6.76. The van der Waals surface area contributed by atoms with Crippen molar-refractivity contribution in [2.24, 2.45) is 5.92 Å². The zero-order valence-corrected chi connectivity index (χ0v) is 12.4. The van der Waals surface area contributed by atoms with E-state index in [9.17, 15) is 9.59 Å². The number of aromatic carboxylic acids is 1. The van der Waals surface area contributed by atoms with E-state index in [0.29, 0.717) is 37.8 Å². The Balaban J connectivity index is 2.06. The third-order valence-electron chi connectivity index (χ3n) is 3.88. The van der Waals surface area contributed by atoms with Crippen molar-refractivity contribution in [3.05, 3.63) is 23.2 Å². The zero-order valence-electron chi connectivity index (χ0n) is 12.4. The topological polar surface area (TPSA) is 80.0 Å². The number of nitrogens with zero attached hydrogens (tertiary/aromatic N) is 1. The molecular formula is C15H21NO5. The summed E-state index contributed by atoms with van der Waals surface area (Å²) in [7, 11) is 1.68. The summed E-state index contributed by atoms with van der Waals surface area (Å²) in [5, 5.41) is 9.10. The van der Waals surface area contributed by atoms with Crippen molar-refractivity contribution in [2.45, 2.75) is 26.2 Å². The van der Waals surface area contributed by atoms with Gasteiger partial charge in [-0.05, 0) is 18.8 Å². The summed E-state index contributed by atoms with van der Waals surface area (Å²) in [5.41, 5.74) is 0.0788. The SMILES string of the molecule is CCc1oc(C(=O)N2CCC(COC)CC2)cc1C(=O)O. The fourth-order valence-electron chi connectivity index (χ4n) is 2.67. The Labute approximate surface area is 123 Å². The van der Waals surface area contributed by atoms with Gasteiger partial charge in [0.05, 0.1) is 0 Å². The first-order chi connectivity index (χ1) is 10.1. The predicted molar refractivity (Wildman–Crippen MR) is 75.5 cm³/mol. The van der Waals surface area contributed by atoms with Crippen molar-refractivity contribution in [3.63, 3.8) is 0 Å². The van der Waals surface area contributed by atoms with Crippen molar-refractivity contribution in [1.29, 1.82) is 0 Å². The van der Waals surface area contributed by atoms with Gasteiger partial charge in [0.2, 0.25) is 0 Å². The molecule has 1 aromatic rings. The van der Waals surface area contributed by atoms with E-state index in [-0.39, 0.29) is 17.2 Å². The van der Waals surface area contributed by atoms with Crippen LogP contribution in [0.15, 0.2) is 10.5 Å². The molecule has 1 aliphatic heterocycles. The second-order valence-electron chi connectivity index (χ2n) is 5.30. The molecule has 6 nitrogen and oxygen atoms in total. The Morgan fingerprint density at radius 3 is 2.57 bits per heavy atom. The number of methoxy groups -OCH3 is 1. The maximum absolute atomic E-state index is 12.4. The van der Waals surface area contributed by atoms with E-state index in [2.05, 4.69) is 0 Å². The molecule has 1 fully saturated rings. The number of likely N-dealkylation sites (tertiary alicyclic amines) is 1. The highest BCUT2D eigenvalue weighted by Gasteiger charge is 2.27. The smallest absolute Gasteiger partial charge is 0.339 e. The van der Waals surface area contributed by atoms with Gasteiger partial charge in [0.15, 0.2) is 5.76 Å². The van der Waals surface area contributed by atoms with E-state index in [1.54, 1.807) is 18.9 Å². The molecule has 0 aromatic carbocycles. The average molecular weight is 295 g/mol. The first-order valence-corrected chi connectivity index (χ1v) is 7.21. The summed E-state index contributed by atoms with van der Waals surface area (Å²) in [6.07, 6.45) is 2.24. The normalized spacial score (nSPS) is 16.2. The highest BCUT2D eigenvalue weighted by atomic mass is 16.5. The molecule has 0 aliphatic carbocycles. The highest BCUT2D eigenvalue weighted by molar-refractivity contribution is 5.96. The lowest BCUT2D eigenvalue weighted by Gasteiger charge is -2.31. The van der Waals surface area contributed by atoms with Crippen LogP contribution in [0.3, 0.4) is 0 Å². The molecule has 2 heterocycles. The van der Waals surface area contributed by atoms with Gasteiger partial charge in [-0.1, -0.05) is 6.92 Å². The zero-order chi connectivity index (χ0) is 15.4. The summed E-state index contributed by atoms with van der Waals surface area (Å²) >= 11 is 0. The molecule has 2 rings (SSSR count). The van der Waals surface area contributed by atoms with E-state index in [1.807, 2.05) is 0 Å². The Kier molecular flexibility index (Phi) is 5.01. The Morgan fingerprint density at radius 1 is 1.43 bits per heavy atom. The molecule has 0 radical (unpaired) electrons. The summed E-state index contributed by atoms with van der Waals surface area (Å²) in [6, 6.07) is 1.34. The second-order valence-corrected chi connectivity index (χ2v) is 5.30. The minimum atomic E-state index is -1.06. The van der Waals surface area contributed by atoms with Crippen LogP contribution in [-0.2, 0) is 11.2 Å². The third kappa shape index (κ3) is 3.44. The molecule has 0 saturated carbocycles. The summed E-state index contributed by atoms with van der Waals surface area (Å²) in [6.45, 7) is 3.82. The number of aryl methyl sites for hydroxylation is 1.